The van der Waals surface area contributed by atoms with E-state index in [1.807, 2.05) is 19.0 Å². The smallest absolute Gasteiger partial charge is 0.315 e. The van der Waals surface area contributed by atoms with Crippen molar-refractivity contribution < 1.29 is 13.2 Å². The summed E-state index contributed by atoms with van der Waals surface area (Å²) in [6.45, 7) is 1.37. The SMILES string of the molecule is CN(C)CCNCCC(F)(F)F. The zero-order valence-electron chi connectivity index (χ0n) is 7.41. The molecule has 12 heavy (non-hydrogen) atoms. The van der Waals surface area contributed by atoms with Gasteiger partial charge in [0.2, 0.25) is 0 Å². The van der Waals surface area contributed by atoms with E-state index in [0.29, 0.717) is 6.54 Å². The highest BCUT2D eigenvalue weighted by molar-refractivity contribution is 4.55. The van der Waals surface area contributed by atoms with E-state index in [9.17, 15) is 13.2 Å². The zero-order valence-corrected chi connectivity index (χ0v) is 7.41. The number of alkyl halides is 3. The van der Waals surface area contributed by atoms with Gasteiger partial charge in [0.25, 0.3) is 0 Å². The molecule has 0 aromatic carbocycles. The van der Waals surface area contributed by atoms with E-state index >= 15 is 0 Å². The van der Waals surface area contributed by atoms with Crippen LogP contribution in [0.25, 0.3) is 0 Å². The fourth-order valence-corrected chi connectivity index (χ4v) is 0.658. The van der Waals surface area contributed by atoms with Crippen molar-refractivity contribution in [1.82, 2.24) is 10.2 Å². The van der Waals surface area contributed by atoms with Crippen LogP contribution in [0.1, 0.15) is 6.42 Å². The molecular formula is C7H15F3N2. The molecule has 0 spiro atoms. The van der Waals surface area contributed by atoms with Gasteiger partial charge in [-0.15, -0.1) is 0 Å². The molecule has 0 heterocycles. The summed E-state index contributed by atoms with van der Waals surface area (Å²) >= 11 is 0. The standard InChI is InChI=1S/C7H15F3N2/c1-12(2)6-5-11-4-3-7(8,9)10/h11H,3-6H2,1-2H3. The van der Waals surface area contributed by atoms with E-state index in [0.717, 1.165) is 6.54 Å². The van der Waals surface area contributed by atoms with Crippen LogP contribution in [0.15, 0.2) is 0 Å². The van der Waals surface area contributed by atoms with Crippen molar-refractivity contribution in [2.75, 3.05) is 33.7 Å². The van der Waals surface area contributed by atoms with Gasteiger partial charge in [-0.05, 0) is 14.1 Å². The summed E-state index contributed by atoms with van der Waals surface area (Å²) in [5, 5.41) is 2.71. The molecule has 0 saturated heterocycles. The number of likely N-dealkylation sites (N-methyl/N-ethyl adjacent to an activating group) is 1. The molecule has 5 heteroatoms. The van der Waals surface area contributed by atoms with Crippen molar-refractivity contribution in [2.45, 2.75) is 12.6 Å². The van der Waals surface area contributed by atoms with E-state index in [1.165, 1.54) is 0 Å². The summed E-state index contributed by atoms with van der Waals surface area (Å²) in [7, 11) is 3.76. The highest BCUT2D eigenvalue weighted by Gasteiger charge is 2.25. The highest BCUT2D eigenvalue weighted by Crippen LogP contribution is 2.17. The second-order valence-electron chi connectivity index (χ2n) is 2.92. The Hall–Kier alpha value is -0.290. The van der Waals surface area contributed by atoms with Crippen LogP contribution >= 0.6 is 0 Å². The largest absolute Gasteiger partial charge is 0.390 e. The second kappa shape index (κ2) is 5.37. The van der Waals surface area contributed by atoms with Crippen molar-refractivity contribution in [3.8, 4) is 0 Å². The van der Waals surface area contributed by atoms with Crippen LogP contribution < -0.4 is 5.32 Å². The molecule has 0 rings (SSSR count). The van der Waals surface area contributed by atoms with E-state index in [-0.39, 0.29) is 6.54 Å². The average molecular weight is 184 g/mol. The van der Waals surface area contributed by atoms with Crippen molar-refractivity contribution in [1.29, 1.82) is 0 Å². The molecule has 1 N–H and O–H groups in total. The lowest BCUT2D eigenvalue weighted by molar-refractivity contribution is -0.133. The Balaban J connectivity index is 3.12. The van der Waals surface area contributed by atoms with Crippen molar-refractivity contribution in [3.05, 3.63) is 0 Å². The van der Waals surface area contributed by atoms with Crippen LogP contribution in [0, 0.1) is 0 Å². The maximum absolute atomic E-state index is 11.6. The molecule has 0 radical (unpaired) electrons. The van der Waals surface area contributed by atoms with Gasteiger partial charge in [-0.1, -0.05) is 0 Å². The molecular weight excluding hydrogens is 169 g/mol. The molecule has 0 bridgehead atoms. The van der Waals surface area contributed by atoms with E-state index in [1.54, 1.807) is 0 Å². The molecule has 0 aliphatic carbocycles. The van der Waals surface area contributed by atoms with Crippen LogP contribution in [-0.2, 0) is 0 Å². The Morgan fingerprint density at radius 2 is 1.75 bits per heavy atom. The maximum Gasteiger partial charge on any atom is 0.390 e. The predicted molar refractivity (Wildman–Crippen MR) is 42.1 cm³/mol. The zero-order chi connectivity index (χ0) is 9.61. The summed E-state index contributed by atoms with van der Waals surface area (Å²) in [5.41, 5.74) is 0. The molecule has 0 aromatic heterocycles. The Bertz CT molecular complexity index is 112. The van der Waals surface area contributed by atoms with Gasteiger partial charge in [0, 0.05) is 19.6 Å². The van der Waals surface area contributed by atoms with Crippen LogP contribution in [0.5, 0.6) is 0 Å². The van der Waals surface area contributed by atoms with Crippen LogP contribution in [0.2, 0.25) is 0 Å². The third kappa shape index (κ3) is 9.71. The molecule has 0 saturated carbocycles. The third-order valence-electron chi connectivity index (χ3n) is 1.32. The molecule has 0 atom stereocenters. The first-order valence-corrected chi connectivity index (χ1v) is 3.84. The Morgan fingerprint density at radius 3 is 2.17 bits per heavy atom. The third-order valence-corrected chi connectivity index (χ3v) is 1.32. The monoisotopic (exact) mass is 184 g/mol. The van der Waals surface area contributed by atoms with Crippen LogP contribution in [-0.4, -0.2) is 44.8 Å². The fourth-order valence-electron chi connectivity index (χ4n) is 0.658. The molecule has 74 valence electrons. The molecule has 0 aliphatic rings. The summed E-state index contributed by atoms with van der Waals surface area (Å²) in [6.07, 6.45) is -4.79. The molecule has 0 aromatic rings. The van der Waals surface area contributed by atoms with Gasteiger partial charge in [0.15, 0.2) is 0 Å². The Morgan fingerprint density at radius 1 is 1.17 bits per heavy atom. The van der Waals surface area contributed by atoms with Gasteiger partial charge in [-0.3, -0.25) is 0 Å². The molecule has 0 fully saturated rings. The van der Waals surface area contributed by atoms with Crippen molar-refractivity contribution in [2.24, 2.45) is 0 Å². The number of nitrogens with one attached hydrogen (secondary N) is 1. The van der Waals surface area contributed by atoms with E-state index < -0.39 is 12.6 Å². The summed E-state index contributed by atoms with van der Waals surface area (Å²) in [5.74, 6) is 0. The lowest BCUT2D eigenvalue weighted by Gasteiger charge is -2.11. The van der Waals surface area contributed by atoms with Gasteiger partial charge in [0.1, 0.15) is 0 Å². The minimum atomic E-state index is -4.04. The molecule has 2 nitrogen and oxygen atoms in total. The van der Waals surface area contributed by atoms with Crippen molar-refractivity contribution >= 4 is 0 Å². The summed E-state index contributed by atoms with van der Waals surface area (Å²) in [6, 6.07) is 0. The molecule has 0 aliphatic heterocycles. The number of rotatable bonds is 5. The quantitative estimate of drug-likeness (QED) is 0.643. The van der Waals surface area contributed by atoms with E-state index in [4.69, 9.17) is 0 Å². The first-order valence-electron chi connectivity index (χ1n) is 3.84. The number of halogens is 3. The normalized spacial score (nSPS) is 12.5. The maximum atomic E-state index is 11.6. The van der Waals surface area contributed by atoms with Gasteiger partial charge in [-0.2, -0.15) is 13.2 Å². The number of hydrogen-bond acceptors (Lipinski definition) is 2. The molecule has 0 unspecified atom stereocenters. The average Bonchev–Trinajstić information content (AvgIpc) is 1.83. The first kappa shape index (κ1) is 11.7. The van der Waals surface area contributed by atoms with Gasteiger partial charge in [0.05, 0.1) is 6.42 Å². The van der Waals surface area contributed by atoms with Gasteiger partial charge < -0.3 is 10.2 Å². The fraction of sp³-hybridized carbons (Fsp3) is 1.00. The minimum Gasteiger partial charge on any atom is -0.315 e. The van der Waals surface area contributed by atoms with Crippen LogP contribution in [0.4, 0.5) is 13.2 Å². The second-order valence-corrected chi connectivity index (χ2v) is 2.92. The summed E-state index contributed by atoms with van der Waals surface area (Å²) in [4.78, 5) is 1.92. The number of hydrogen-bond donors (Lipinski definition) is 1. The van der Waals surface area contributed by atoms with Gasteiger partial charge >= 0.3 is 6.18 Å². The first-order chi connectivity index (χ1) is 5.42. The lowest BCUT2D eigenvalue weighted by Crippen LogP contribution is -2.29. The lowest BCUT2D eigenvalue weighted by atomic mass is 10.4. The van der Waals surface area contributed by atoms with Gasteiger partial charge in [-0.25, -0.2) is 0 Å². The summed E-state index contributed by atoms with van der Waals surface area (Å²) < 4.78 is 34.8. The van der Waals surface area contributed by atoms with Crippen LogP contribution in [0.3, 0.4) is 0 Å². The highest BCUT2D eigenvalue weighted by atomic mass is 19.4. The Kier molecular flexibility index (Phi) is 5.24. The number of nitrogens with zero attached hydrogens (tertiary/aromatic N) is 1. The van der Waals surface area contributed by atoms with E-state index in [2.05, 4.69) is 5.32 Å². The minimum absolute atomic E-state index is 0.0112. The predicted octanol–water partition coefficient (Wildman–Crippen LogP) is 1.09. The Labute approximate surface area is 70.7 Å². The molecule has 0 amide bonds. The van der Waals surface area contributed by atoms with Crippen molar-refractivity contribution in [3.63, 3.8) is 0 Å². The topological polar surface area (TPSA) is 15.3 Å².